The number of rotatable bonds is 1. The van der Waals surface area contributed by atoms with Gasteiger partial charge in [0.15, 0.2) is 0 Å². The normalized spacial score (nSPS) is 28.3. The van der Waals surface area contributed by atoms with Crippen molar-refractivity contribution in [2.24, 2.45) is 0 Å². The van der Waals surface area contributed by atoms with E-state index in [1.165, 1.54) is 0 Å². The van der Waals surface area contributed by atoms with Gasteiger partial charge in [-0.2, -0.15) is 0 Å². The first-order chi connectivity index (χ1) is 8.28. The molecule has 0 radical (unpaired) electrons. The average Bonchev–Trinajstić information content (AvgIpc) is 2.70. The summed E-state index contributed by atoms with van der Waals surface area (Å²) in [6.45, 7) is 2.43. The summed E-state index contributed by atoms with van der Waals surface area (Å²) in [7, 11) is 0. The van der Waals surface area contributed by atoms with Crippen LogP contribution in [0.2, 0.25) is 0 Å². The highest BCUT2D eigenvalue weighted by Gasteiger charge is 2.33. The minimum atomic E-state index is -1.15. The van der Waals surface area contributed by atoms with Gasteiger partial charge in [-0.1, -0.05) is 6.07 Å². The third kappa shape index (κ3) is 2.04. The van der Waals surface area contributed by atoms with Crippen LogP contribution in [0.5, 0.6) is 5.75 Å². The Labute approximate surface area is 101 Å². The summed E-state index contributed by atoms with van der Waals surface area (Å²) in [5.74, 6) is 0.934. The molecule has 1 unspecified atom stereocenters. The van der Waals surface area contributed by atoms with Crippen LogP contribution in [0.3, 0.4) is 0 Å². The van der Waals surface area contributed by atoms with Crippen molar-refractivity contribution in [2.75, 3.05) is 19.7 Å². The second-order valence-corrected chi connectivity index (χ2v) is 4.99. The molecule has 0 spiro atoms. The second kappa shape index (κ2) is 4.30. The Morgan fingerprint density at radius 3 is 3.12 bits per heavy atom. The summed E-state index contributed by atoms with van der Waals surface area (Å²) in [6.07, 6.45) is 3.02. The quantitative estimate of drug-likeness (QED) is 0.807. The Balaban J connectivity index is 1.91. The van der Waals surface area contributed by atoms with Crippen molar-refractivity contribution >= 4 is 0 Å². The smallest absolute Gasteiger partial charge is 0.137 e. The summed E-state index contributed by atoms with van der Waals surface area (Å²) in [5, 5.41) is 3.26. The highest BCUT2D eigenvalue weighted by molar-refractivity contribution is 5.41. The number of halogens is 1. The number of ether oxygens (including phenoxy) is 1. The van der Waals surface area contributed by atoms with Crippen molar-refractivity contribution < 1.29 is 9.13 Å². The molecule has 0 aliphatic carbocycles. The molecule has 2 aliphatic rings. The van der Waals surface area contributed by atoms with Gasteiger partial charge in [0.2, 0.25) is 0 Å². The van der Waals surface area contributed by atoms with Gasteiger partial charge in [0.25, 0.3) is 0 Å². The molecular formula is C14H18FNO. The summed E-state index contributed by atoms with van der Waals surface area (Å²) < 4.78 is 20.4. The molecule has 0 bridgehead atoms. The highest BCUT2D eigenvalue weighted by Crippen LogP contribution is 2.38. The molecule has 1 saturated heterocycles. The minimum absolute atomic E-state index is 0.576. The Bertz CT molecular complexity index is 411. The van der Waals surface area contributed by atoms with E-state index < -0.39 is 5.67 Å². The molecule has 0 saturated carbocycles. The maximum Gasteiger partial charge on any atom is 0.137 e. The second-order valence-electron chi connectivity index (χ2n) is 4.99. The first-order valence-corrected chi connectivity index (χ1v) is 6.44. The highest BCUT2D eigenvalue weighted by atomic mass is 19.1. The molecule has 92 valence electrons. The van der Waals surface area contributed by atoms with Crippen LogP contribution in [0.4, 0.5) is 4.39 Å². The molecule has 3 heteroatoms. The molecular weight excluding hydrogens is 217 g/mol. The van der Waals surface area contributed by atoms with Gasteiger partial charge < -0.3 is 10.1 Å². The summed E-state index contributed by atoms with van der Waals surface area (Å²) >= 11 is 0. The van der Waals surface area contributed by atoms with Crippen LogP contribution < -0.4 is 10.1 Å². The topological polar surface area (TPSA) is 21.3 Å². The van der Waals surface area contributed by atoms with Gasteiger partial charge in [-0.15, -0.1) is 0 Å². The number of hydrogen-bond donors (Lipinski definition) is 1. The predicted octanol–water partition coefficient (Wildman–Crippen LogP) is 2.56. The molecule has 0 aromatic heterocycles. The van der Waals surface area contributed by atoms with Gasteiger partial charge in [-0.05, 0) is 55.6 Å². The fourth-order valence-electron chi connectivity index (χ4n) is 2.78. The van der Waals surface area contributed by atoms with Crippen molar-refractivity contribution in [3.63, 3.8) is 0 Å². The molecule has 2 aliphatic heterocycles. The van der Waals surface area contributed by atoms with E-state index >= 15 is 0 Å². The average molecular weight is 235 g/mol. The molecule has 2 heterocycles. The molecule has 17 heavy (non-hydrogen) atoms. The number of fused-ring (bicyclic) bond motifs is 1. The third-order valence-electron chi connectivity index (χ3n) is 3.83. The van der Waals surface area contributed by atoms with E-state index in [0.29, 0.717) is 12.8 Å². The van der Waals surface area contributed by atoms with Gasteiger partial charge >= 0.3 is 0 Å². The maximum atomic E-state index is 15.0. The number of alkyl halides is 1. The first kappa shape index (κ1) is 11.0. The zero-order valence-electron chi connectivity index (χ0n) is 9.97. The fourth-order valence-corrected chi connectivity index (χ4v) is 2.78. The van der Waals surface area contributed by atoms with Gasteiger partial charge in [-0.3, -0.25) is 0 Å². The standard InChI is InChI=1S/C14H18FNO/c15-14(5-1-7-16-8-6-14)12-2-3-13-11(10-12)4-9-17-13/h2-3,10,16H,1,4-9H2. The van der Waals surface area contributed by atoms with Crippen molar-refractivity contribution in [1.29, 1.82) is 0 Å². The maximum absolute atomic E-state index is 15.0. The molecule has 1 fully saturated rings. The van der Waals surface area contributed by atoms with Gasteiger partial charge in [-0.25, -0.2) is 4.39 Å². The van der Waals surface area contributed by atoms with Crippen LogP contribution in [0.1, 0.15) is 30.4 Å². The molecule has 3 rings (SSSR count). The summed E-state index contributed by atoms with van der Waals surface area (Å²) in [4.78, 5) is 0. The van der Waals surface area contributed by atoms with E-state index in [-0.39, 0.29) is 0 Å². The predicted molar refractivity (Wildman–Crippen MR) is 65.1 cm³/mol. The lowest BCUT2D eigenvalue weighted by atomic mass is 9.87. The lowest BCUT2D eigenvalue weighted by Gasteiger charge is -2.24. The molecule has 1 N–H and O–H groups in total. The lowest BCUT2D eigenvalue weighted by Crippen LogP contribution is -2.22. The van der Waals surface area contributed by atoms with Crippen LogP contribution in [-0.4, -0.2) is 19.7 Å². The fraction of sp³-hybridized carbons (Fsp3) is 0.571. The van der Waals surface area contributed by atoms with Crippen molar-refractivity contribution in [3.8, 4) is 5.75 Å². The Morgan fingerprint density at radius 2 is 2.18 bits per heavy atom. The van der Waals surface area contributed by atoms with E-state index in [0.717, 1.165) is 49.4 Å². The van der Waals surface area contributed by atoms with Crippen LogP contribution in [0, 0.1) is 0 Å². The summed E-state index contributed by atoms with van der Waals surface area (Å²) in [5.41, 5.74) is 0.850. The van der Waals surface area contributed by atoms with E-state index in [1.807, 2.05) is 18.2 Å². The van der Waals surface area contributed by atoms with Crippen molar-refractivity contribution in [3.05, 3.63) is 29.3 Å². The SMILES string of the molecule is FC1(c2ccc3c(c2)CCO3)CCCNCC1. The van der Waals surface area contributed by atoms with E-state index in [2.05, 4.69) is 5.32 Å². The summed E-state index contributed by atoms with van der Waals surface area (Å²) in [6, 6.07) is 5.83. The number of hydrogen-bond acceptors (Lipinski definition) is 2. The minimum Gasteiger partial charge on any atom is -0.493 e. The van der Waals surface area contributed by atoms with Gasteiger partial charge in [0.05, 0.1) is 6.61 Å². The number of nitrogens with one attached hydrogen (secondary N) is 1. The Morgan fingerprint density at radius 1 is 1.24 bits per heavy atom. The molecule has 1 aromatic rings. The third-order valence-corrected chi connectivity index (χ3v) is 3.83. The van der Waals surface area contributed by atoms with Crippen LogP contribution >= 0.6 is 0 Å². The monoisotopic (exact) mass is 235 g/mol. The molecule has 0 amide bonds. The van der Waals surface area contributed by atoms with Crippen LogP contribution in [-0.2, 0) is 12.1 Å². The zero-order valence-corrected chi connectivity index (χ0v) is 9.97. The Hall–Kier alpha value is -1.09. The van der Waals surface area contributed by atoms with Crippen molar-refractivity contribution in [2.45, 2.75) is 31.4 Å². The first-order valence-electron chi connectivity index (χ1n) is 6.44. The Kier molecular flexibility index (Phi) is 2.79. The molecule has 2 nitrogen and oxygen atoms in total. The van der Waals surface area contributed by atoms with Crippen molar-refractivity contribution in [1.82, 2.24) is 5.32 Å². The van der Waals surface area contributed by atoms with E-state index in [4.69, 9.17) is 4.74 Å². The van der Waals surface area contributed by atoms with Gasteiger partial charge in [0, 0.05) is 6.42 Å². The van der Waals surface area contributed by atoms with Crippen LogP contribution in [0.15, 0.2) is 18.2 Å². The zero-order chi connectivity index (χ0) is 11.7. The molecule has 1 aromatic carbocycles. The van der Waals surface area contributed by atoms with E-state index in [9.17, 15) is 4.39 Å². The largest absolute Gasteiger partial charge is 0.493 e. The van der Waals surface area contributed by atoms with Gasteiger partial charge in [0.1, 0.15) is 11.4 Å². The molecule has 1 atom stereocenters. The number of benzene rings is 1. The van der Waals surface area contributed by atoms with E-state index in [1.54, 1.807) is 0 Å². The van der Waals surface area contributed by atoms with Crippen LogP contribution in [0.25, 0.3) is 0 Å². The lowest BCUT2D eigenvalue weighted by molar-refractivity contribution is 0.145.